The van der Waals surface area contributed by atoms with Crippen LogP contribution in [0.4, 0.5) is 0 Å². The fourth-order valence-corrected chi connectivity index (χ4v) is 1.02. The van der Waals surface area contributed by atoms with Gasteiger partial charge in [0.2, 0.25) is 0 Å². The van der Waals surface area contributed by atoms with Crippen LogP contribution in [0.1, 0.15) is 19.5 Å². The van der Waals surface area contributed by atoms with Crippen molar-refractivity contribution >= 4 is 0 Å². The van der Waals surface area contributed by atoms with Gasteiger partial charge >= 0.3 is 0 Å². The third-order valence-corrected chi connectivity index (χ3v) is 1.83. The molecular weight excluding hydrogens is 178 g/mol. The molecule has 0 bridgehead atoms. The molecule has 0 saturated heterocycles. The molecule has 0 atom stereocenters. The molecule has 1 aromatic rings. The maximum absolute atomic E-state index is 8.77. The molecule has 0 aliphatic rings. The standard InChI is InChI=1S/C9H15N5/c1-9(2,6-10)7-11-4-8-5-14(3)13-12-8/h5,11H,4,7H2,1-3H3. The van der Waals surface area contributed by atoms with E-state index in [9.17, 15) is 0 Å². The van der Waals surface area contributed by atoms with E-state index in [1.165, 1.54) is 0 Å². The number of aryl methyl sites for hydroxylation is 1. The molecule has 1 aromatic heterocycles. The summed E-state index contributed by atoms with van der Waals surface area (Å²) in [6, 6.07) is 2.23. The van der Waals surface area contributed by atoms with Crippen LogP contribution in [0, 0.1) is 16.7 Å². The molecule has 0 amide bonds. The second kappa shape index (κ2) is 4.20. The van der Waals surface area contributed by atoms with Crippen molar-refractivity contribution in [3.8, 4) is 6.07 Å². The van der Waals surface area contributed by atoms with Gasteiger partial charge in [0.25, 0.3) is 0 Å². The maximum Gasteiger partial charge on any atom is 0.0964 e. The van der Waals surface area contributed by atoms with Gasteiger partial charge in [-0.25, -0.2) is 0 Å². The predicted molar refractivity (Wildman–Crippen MR) is 52.1 cm³/mol. The Morgan fingerprint density at radius 2 is 2.36 bits per heavy atom. The molecule has 14 heavy (non-hydrogen) atoms. The summed E-state index contributed by atoms with van der Waals surface area (Å²) < 4.78 is 1.66. The zero-order chi connectivity index (χ0) is 10.6. The predicted octanol–water partition coefficient (Wildman–Crippen LogP) is 0.454. The van der Waals surface area contributed by atoms with Crippen LogP contribution in [0.15, 0.2) is 6.20 Å². The second-order valence-corrected chi connectivity index (χ2v) is 3.98. The third-order valence-electron chi connectivity index (χ3n) is 1.83. The van der Waals surface area contributed by atoms with Crippen molar-refractivity contribution in [2.24, 2.45) is 12.5 Å². The molecule has 0 aromatic carbocycles. The van der Waals surface area contributed by atoms with E-state index in [4.69, 9.17) is 5.26 Å². The number of nitrogens with one attached hydrogen (secondary N) is 1. The molecule has 5 heteroatoms. The third kappa shape index (κ3) is 3.15. The minimum Gasteiger partial charge on any atom is -0.309 e. The summed E-state index contributed by atoms with van der Waals surface area (Å²) in [5.41, 5.74) is 0.559. The molecule has 0 spiro atoms. The molecular formula is C9H15N5. The molecule has 1 rings (SSSR count). The summed E-state index contributed by atoms with van der Waals surface area (Å²) in [7, 11) is 1.83. The lowest BCUT2D eigenvalue weighted by molar-refractivity contribution is 0.443. The zero-order valence-electron chi connectivity index (χ0n) is 8.78. The number of rotatable bonds is 4. The highest BCUT2D eigenvalue weighted by Crippen LogP contribution is 2.10. The Bertz CT molecular complexity index is 333. The van der Waals surface area contributed by atoms with Gasteiger partial charge in [-0.15, -0.1) is 5.10 Å². The van der Waals surface area contributed by atoms with E-state index in [2.05, 4.69) is 21.7 Å². The van der Waals surface area contributed by atoms with Gasteiger partial charge in [-0.1, -0.05) is 5.21 Å². The highest BCUT2D eigenvalue weighted by Gasteiger charge is 2.15. The van der Waals surface area contributed by atoms with Gasteiger partial charge in [-0.2, -0.15) is 5.26 Å². The Balaban J connectivity index is 2.33. The lowest BCUT2D eigenvalue weighted by Crippen LogP contribution is -2.27. The van der Waals surface area contributed by atoms with Crippen molar-refractivity contribution in [3.05, 3.63) is 11.9 Å². The van der Waals surface area contributed by atoms with E-state index < -0.39 is 0 Å². The summed E-state index contributed by atoms with van der Waals surface area (Å²) in [4.78, 5) is 0. The number of aromatic nitrogens is 3. The van der Waals surface area contributed by atoms with Gasteiger partial charge in [-0.3, -0.25) is 4.68 Å². The average Bonchev–Trinajstić information content (AvgIpc) is 2.51. The first-order chi connectivity index (χ1) is 6.53. The minimum absolute atomic E-state index is 0.331. The normalized spacial score (nSPS) is 11.3. The largest absolute Gasteiger partial charge is 0.309 e. The van der Waals surface area contributed by atoms with Gasteiger partial charge < -0.3 is 5.32 Å². The van der Waals surface area contributed by atoms with Gasteiger partial charge in [-0.05, 0) is 13.8 Å². The summed E-state index contributed by atoms with van der Waals surface area (Å²) in [5, 5.41) is 19.7. The monoisotopic (exact) mass is 193 g/mol. The van der Waals surface area contributed by atoms with Crippen LogP contribution in [0.2, 0.25) is 0 Å². The van der Waals surface area contributed by atoms with Crippen molar-refractivity contribution < 1.29 is 0 Å². The Morgan fingerprint density at radius 3 is 2.86 bits per heavy atom. The van der Waals surface area contributed by atoms with Crippen LogP contribution in [-0.2, 0) is 13.6 Å². The van der Waals surface area contributed by atoms with Crippen molar-refractivity contribution in [1.82, 2.24) is 20.3 Å². The van der Waals surface area contributed by atoms with E-state index in [-0.39, 0.29) is 5.41 Å². The lowest BCUT2D eigenvalue weighted by atomic mass is 9.96. The molecule has 0 aliphatic carbocycles. The van der Waals surface area contributed by atoms with E-state index in [1.54, 1.807) is 4.68 Å². The van der Waals surface area contributed by atoms with Crippen LogP contribution in [0.3, 0.4) is 0 Å². The van der Waals surface area contributed by atoms with Crippen LogP contribution in [-0.4, -0.2) is 21.5 Å². The van der Waals surface area contributed by atoms with E-state index in [0.717, 1.165) is 5.69 Å². The number of hydrogen-bond donors (Lipinski definition) is 1. The molecule has 1 heterocycles. The summed E-state index contributed by atoms with van der Waals surface area (Å²) in [6.07, 6.45) is 1.85. The fraction of sp³-hybridized carbons (Fsp3) is 0.667. The van der Waals surface area contributed by atoms with E-state index in [0.29, 0.717) is 13.1 Å². The maximum atomic E-state index is 8.77. The molecule has 5 nitrogen and oxygen atoms in total. The summed E-state index contributed by atoms with van der Waals surface area (Å²) >= 11 is 0. The van der Waals surface area contributed by atoms with Gasteiger partial charge in [0.15, 0.2) is 0 Å². The summed E-state index contributed by atoms with van der Waals surface area (Å²) in [6.45, 7) is 5.10. The first-order valence-corrected chi connectivity index (χ1v) is 4.51. The number of nitrogens with zero attached hydrogens (tertiary/aromatic N) is 4. The van der Waals surface area contributed by atoms with Crippen LogP contribution in [0.5, 0.6) is 0 Å². The first-order valence-electron chi connectivity index (χ1n) is 4.51. The van der Waals surface area contributed by atoms with Crippen molar-refractivity contribution in [2.75, 3.05) is 6.54 Å². The molecule has 0 saturated carbocycles. The Kier molecular flexibility index (Phi) is 3.20. The van der Waals surface area contributed by atoms with Crippen LogP contribution in [0.25, 0.3) is 0 Å². The number of hydrogen-bond acceptors (Lipinski definition) is 4. The quantitative estimate of drug-likeness (QED) is 0.754. The highest BCUT2D eigenvalue weighted by molar-refractivity contribution is 4.95. The van der Waals surface area contributed by atoms with E-state index in [1.807, 2.05) is 27.1 Å². The molecule has 1 N–H and O–H groups in total. The summed E-state index contributed by atoms with van der Waals surface area (Å²) in [5.74, 6) is 0. The van der Waals surface area contributed by atoms with Gasteiger partial charge in [0.1, 0.15) is 0 Å². The number of nitriles is 1. The van der Waals surface area contributed by atoms with Crippen molar-refractivity contribution in [1.29, 1.82) is 5.26 Å². The van der Waals surface area contributed by atoms with Crippen LogP contribution >= 0.6 is 0 Å². The average molecular weight is 193 g/mol. The first kappa shape index (κ1) is 10.7. The van der Waals surface area contributed by atoms with Gasteiger partial charge in [0, 0.05) is 26.3 Å². The SMILES string of the molecule is Cn1cc(CNCC(C)(C)C#N)nn1. The van der Waals surface area contributed by atoms with E-state index >= 15 is 0 Å². The van der Waals surface area contributed by atoms with Crippen molar-refractivity contribution in [3.63, 3.8) is 0 Å². The second-order valence-electron chi connectivity index (χ2n) is 3.98. The van der Waals surface area contributed by atoms with Gasteiger partial charge in [0.05, 0.1) is 17.2 Å². The smallest absolute Gasteiger partial charge is 0.0964 e. The topological polar surface area (TPSA) is 66.5 Å². The Labute approximate surface area is 83.7 Å². The highest BCUT2D eigenvalue weighted by atomic mass is 15.4. The Hall–Kier alpha value is -1.41. The Morgan fingerprint density at radius 1 is 1.64 bits per heavy atom. The van der Waals surface area contributed by atoms with Crippen molar-refractivity contribution in [2.45, 2.75) is 20.4 Å². The molecule has 0 aliphatic heterocycles. The fourth-order valence-electron chi connectivity index (χ4n) is 1.02. The molecule has 76 valence electrons. The lowest BCUT2D eigenvalue weighted by Gasteiger charge is -2.14. The zero-order valence-corrected chi connectivity index (χ0v) is 8.78. The van der Waals surface area contributed by atoms with Crippen LogP contribution < -0.4 is 5.32 Å². The molecule has 0 unspecified atom stereocenters. The molecule has 0 radical (unpaired) electrons. The molecule has 0 fully saturated rings. The minimum atomic E-state index is -0.331.